The number of likely N-dealkylation sites (tertiary alicyclic amines) is 1. The van der Waals surface area contributed by atoms with Crippen LogP contribution >= 0.6 is 0 Å². The third kappa shape index (κ3) is 4.04. The fraction of sp³-hybridized carbons (Fsp3) is 0.533. The molecule has 104 valence electrons. The summed E-state index contributed by atoms with van der Waals surface area (Å²) in [6, 6.07) is 7.69. The first-order valence-corrected chi connectivity index (χ1v) is 7.10. The Balaban J connectivity index is 1.84. The quantitative estimate of drug-likeness (QED) is 0.803. The molecular weight excluding hydrogens is 238 g/mol. The number of carbonyl (C=O) groups excluding carboxylic acids is 1. The summed E-state index contributed by atoms with van der Waals surface area (Å²) in [7, 11) is 0. The van der Waals surface area contributed by atoms with E-state index in [1.165, 1.54) is 25.9 Å². The van der Waals surface area contributed by atoms with Crippen LogP contribution in [-0.4, -0.2) is 43.5 Å². The summed E-state index contributed by atoms with van der Waals surface area (Å²) in [5.74, 6) is 0.0169. The number of benzene rings is 1. The number of hydrogen-bond acceptors (Lipinski definition) is 3. The summed E-state index contributed by atoms with van der Waals surface area (Å²) in [6.07, 6.45) is 3.32. The zero-order valence-electron chi connectivity index (χ0n) is 11.4. The predicted molar refractivity (Wildman–Crippen MR) is 77.2 cm³/mol. The van der Waals surface area contributed by atoms with Gasteiger partial charge in [0.2, 0.25) is 0 Å². The predicted octanol–water partition coefficient (Wildman–Crippen LogP) is 1.01. The Morgan fingerprint density at radius 1 is 1.26 bits per heavy atom. The molecule has 0 radical (unpaired) electrons. The van der Waals surface area contributed by atoms with Crippen LogP contribution in [0.2, 0.25) is 0 Å². The molecule has 0 aromatic heterocycles. The van der Waals surface area contributed by atoms with Gasteiger partial charge in [-0.3, -0.25) is 4.79 Å². The van der Waals surface area contributed by atoms with Crippen LogP contribution in [0.15, 0.2) is 24.3 Å². The molecule has 1 fully saturated rings. The highest BCUT2D eigenvalue weighted by molar-refractivity contribution is 5.95. The van der Waals surface area contributed by atoms with E-state index in [4.69, 9.17) is 5.73 Å². The van der Waals surface area contributed by atoms with Gasteiger partial charge in [-0.25, -0.2) is 0 Å². The molecular formula is C15H23N3O. The Kier molecular flexibility index (Phi) is 5.36. The second kappa shape index (κ2) is 7.26. The molecule has 0 bridgehead atoms. The number of hydrogen-bond donors (Lipinski definition) is 2. The van der Waals surface area contributed by atoms with Crippen molar-refractivity contribution in [1.82, 2.24) is 10.2 Å². The maximum atomic E-state index is 12.1. The zero-order chi connectivity index (χ0) is 13.5. The van der Waals surface area contributed by atoms with Gasteiger partial charge in [0.05, 0.1) is 0 Å². The Morgan fingerprint density at radius 2 is 2.00 bits per heavy atom. The van der Waals surface area contributed by atoms with Crippen molar-refractivity contribution >= 4 is 5.91 Å². The average Bonchev–Trinajstić information content (AvgIpc) is 2.93. The van der Waals surface area contributed by atoms with Gasteiger partial charge in [-0.2, -0.15) is 0 Å². The van der Waals surface area contributed by atoms with Crippen LogP contribution < -0.4 is 11.1 Å². The molecule has 0 spiro atoms. The number of nitrogens with zero attached hydrogens (tertiary/aromatic N) is 1. The van der Waals surface area contributed by atoms with Crippen molar-refractivity contribution in [2.24, 2.45) is 5.73 Å². The molecule has 3 N–H and O–H groups in total. The lowest BCUT2D eigenvalue weighted by Gasteiger charge is -2.15. The lowest BCUT2D eigenvalue weighted by Crippen LogP contribution is -2.34. The minimum atomic E-state index is 0.0169. The second-order valence-corrected chi connectivity index (χ2v) is 5.00. The molecule has 1 aliphatic rings. The van der Waals surface area contributed by atoms with E-state index in [2.05, 4.69) is 10.2 Å². The van der Waals surface area contributed by atoms with Crippen LogP contribution in [0.3, 0.4) is 0 Å². The van der Waals surface area contributed by atoms with Crippen molar-refractivity contribution in [3.8, 4) is 0 Å². The van der Waals surface area contributed by atoms with Crippen LogP contribution in [0.4, 0.5) is 0 Å². The van der Waals surface area contributed by atoms with E-state index in [9.17, 15) is 4.79 Å². The minimum Gasteiger partial charge on any atom is -0.351 e. The van der Waals surface area contributed by atoms with Crippen LogP contribution in [0, 0.1) is 0 Å². The van der Waals surface area contributed by atoms with Gasteiger partial charge in [0.15, 0.2) is 0 Å². The number of rotatable bonds is 6. The lowest BCUT2D eigenvalue weighted by molar-refractivity contribution is 0.0949. The normalized spacial score (nSPS) is 15.6. The third-order valence-electron chi connectivity index (χ3n) is 3.59. The van der Waals surface area contributed by atoms with E-state index in [1.54, 1.807) is 0 Å². The Labute approximate surface area is 115 Å². The van der Waals surface area contributed by atoms with Gasteiger partial charge in [-0.15, -0.1) is 0 Å². The van der Waals surface area contributed by atoms with Gasteiger partial charge in [-0.05, 0) is 50.5 Å². The summed E-state index contributed by atoms with van der Waals surface area (Å²) in [5.41, 5.74) is 7.36. The maximum Gasteiger partial charge on any atom is 0.251 e. The van der Waals surface area contributed by atoms with E-state index in [0.29, 0.717) is 6.54 Å². The van der Waals surface area contributed by atoms with Gasteiger partial charge in [0.25, 0.3) is 5.91 Å². The Hall–Kier alpha value is -1.39. The highest BCUT2D eigenvalue weighted by atomic mass is 16.1. The molecule has 1 heterocycles. The van der Waals surface area contributed by atoms with E-state index in [0.717, 1.165) is 30.6 Å². The standard InChI is InChI=1S/C15H23N3O/c16-8-7-13-5-1-2-6-14(13)15(19)17-9-12-18-10-3-4-11-18/h1-2,5-6H,3-4,7-12,16H2,(H,17,19). The molecule has 0 aliphatic carbocycles. The zero-order valence-corrected chi connectivity index (χ0v) is 11.4. The second-order valence-electron chi connectivity index (χ2n) is 5.00. The van der Waals surface area contributed by atoms with Gasteiger partial charge in [-0.1, -0.05) is 18.2 Å². The fourth-order valence-electron chi connectivity index (χ4n) is 2.54. The number of nitrogens with two attached hydrogens (primary N) is 1. The van der Waals surface area contributed by atoms with Gasteiger partial charge >= 0.3 is 0 Å². The molecule has 1 amide bonds. The SMILES string of the molecule is NCCc1ccccc1C(=O)NCCN1CCCC1. The van der Waals surface area contributed by atoms with Crippen molar-refractivity contribution in [1.29, 1.82) is 0 Å². The Morgan fingerprint density at radius 3 is 2.74 bits per heavy atom. The van der Waals surface area contributed by atoms with Crippen molar-refractivity contribution in [2.75, 3.05) is 32.7 Å². The summed E-state index contributed by atoms with van der Waals surface area (Å²) in [6.45, 7) is 4.57. The minimum absolute atomic E-state index is 0.0169. The van der Waals surface area contributed by atoms with Gasteiger partial charge < -0.3 is 16.0 Å². The molecule has 1 aromatic rings. The largest absolute Gasteiger partial charge is 0.351 e. The van der Waals surface area contributed by atoms with E-state index < -0.39 is 0 Å². The third-order valence-corrected chi connectivity index (χ3v) is 3.59. The molecule has 1 aliphatic heterocycles. The number of amides is 1. The number of carbonyl (C=O) groups is 1. The first-order chi connectivity index (χ1) is 9.31. The van der Waals surface area contributed by atoms with Gasteiger partial charge in [0, 0.05) is 18.7 Å². The number of nitrogens with one attached hydrogen (secondary N) is 1. The van der Waals surface area contributed by atoms with Crippen LogP contribution in [0.5, 0.6) is 0 Å². The first kappa shape index (κ1) is 14.0. The monoisotopic (exact) mass is 261 g/mol. The Bertz CT molecular complexity index is 414. The average molecular weight is 261 g/mol. The van der Waals surface area contributed by atoms with Crippen molar-refractivity contribution in [3.05, 3.63) is 35.4 Å². The first-order valence-electron chi connectivity index (χ1n) is 7.10. The van der Waals surface area contributed by atoms with Crippen LogP contribution in [-0.2, 0) is 6.42 Å². The molecule has 1 saturated heterocycles. The summed E-state index contributed by atoms with van der Waals surface area (Å²) in [4.78, 5) is 14.5. The summed E-state index contributed by atoms with van der Waals surface area (Å²) >= 11 is 0. The molecule has 0 atom stereocenters. The van der Waals surface area contributed by atoms with Crippen molar-refractivity contribution < 1.29 is 4.79 Å². The topological polar surface area (TPSA) is 58.4 Å². The molecule has 19 heavy (non-hydrogen) atoms. The van der Waals surface area contributed by atoms with Crippen molar-refractivity contribution in [2.45, 2.75) is 19.3 Å². The van der Waals surface area contributed by atoms with Crippen LogP contribution in [0.1, 0.15) is 28.8 Å². The van der Waals surface area contributed by atoms with Crippen LogP contribution in [0.25, 0.3) is 0 Å². The van der Waals surface area contributed by atoms with Crippen molar-refractivity contribution in [3.63, 3.8) is 0 Å². The fourth-order valence-corrected chi connectivity index (χ4v) is 2.54. The highest BCUT2D eigenvalue weighted by Gasteiger charge is 2.13. The molecule has 1 aromatic carbocycles. The summed E-state index contributed by atoms with van der Waals surface area (Å²) in [5, 5.41) is 3.00. The molecule has 4 heteroatoms. The van der Waals surface area contributed by atoms with E-state index >= 15 is 0 Å². The van der Waals surface area contributed by atoms with E-state index in [1.807, 2.05) is 24.3 Å². The summed E-state index contributed by atoms with van der Waals surface area (Å²) < 4.78 is 0. The molecule has 2 rings (SSSR count). The lowest BCUT2D eigenvalue weighted by atomic mass is 10.0. The molecule has 0 saturated carbocycles. The smallest absolute Gasteiger partial charge is 0.251 e. The highest BCUT2D eigenvalue weighted by Crippen LogP contribution is 2.09. The molecule has 4 nitrogen and oxygen atoms in total. The maximum absolute atomic E-state index is 12.1. The van der Waals surface area contributed by atoms with E-state index in [-0.39, 0.29) is 5.91 Å². The van der Waals surface area contributed by atoms with Gasteiger partial charge in [0.1, 0.15) is 0 Å². The molecule has 0 unspecified atom stereocenters.